The van der Waals surface area contributed by atoms with Gasteiger partial charge in [-0.2, -0.15) is 5.10 Å². The Morgan fingerprint density at radius 3 is 2.36 bits per heavy atom. The van der Waals surface area contributed by atoms with Crippen LogP contribution in [0.2, 0.25) is 0 Å². The van der Waals surface area contributed by atoms with Crippen molar-refractivity contribution in [2.45, 2.75) is 20.3 Å². The molecule has 0 aromatic heterocycles. The van der Waals surface area contributed by atoms with Gasteiger partial charge in [0.2, 0.25) is 0 Å². The molecule has 6 heteroatoms. The molecule has 0 radical (unpaired) electrons. The molecule has 0 aliphatic heterocycles. The van der Waals surface area contributed by atoms with E-state index >= 15 is 0 Å². The van der Waals surface area contributed by atoms with E-state index in [1.807, 2.05) is 38.1 Å². The van der Waals surface area contributed by atoms with Crippen LogP contribution in [0.4, 0.5) is 5.69 Å². The van der Waals surface area contributed by atoms with Crippen molar-refractivity contribution in [1.29, 1.82) is 0 Å². The van der Waals surface area contributed by atoms with Crippen LogP contribution in [-0.2, 0) is 4.79 Å². The largest absolute Gasteiger partial charge is 0.508 e. The number of hydrazone groups is 1. The summed E-state index contributed by atoms with van der Waals surface area (Å²) < 4.78 is 5.37. The first-order chi connectivity index (χ1) is 12.1. The van der Waals surface area contributed by atoms with Crippen molar-refractivity contribution in [2.24, 2.45) is 5.10 Å². The number of carbonyl (C=O) groups is 1. The lowest BCUT2D eigenvalue weighted by atomic mass is 10.1. The highest BCUT2D eigenvalue weighted by molar-refractivity contribution is 6.01. The molecule has 2 aromatic rings. The molecule has 0 bridgehead atoms. The zero-order chi connectivity index (χ0) is 18.1. The fraction of sp³-hybridized carbons (Fsp3) is 0.263. The van der Waals surface area contributed by atoms with Crippen molar-refractivity contribution in [1.82, 2.24) is 5.43 Å². The molecule has 0 atom stereocenters. The van der Waals surface area contributed by atoms with E-state index in [2.05, 4.69) is 15.8 Å². The number of rotatable bonds is 8. The monoisotopic (exact) mass is 341 g/mol. The van der Waals surface area contributed by atoms with Gasteiger partial charge >= 0.3 is 0 Å². The van der Waals surface area contributed by atoms with E-state index in [-0.39, 0.29) is 18.2 Å². The lowest BCUT2D eigenvalue weighted by Gasteiger charge is -2.08. The quantitative estimate of drug-likeness (QED) is 0.509. The molecule has 25 heavy (non-hydrogen) atoms. The van der Waals surface area contributed by atoms with Gasteiger partial charge in [0.25, 0.3) is 5.91 Å². The number of phenolic OH excluding ortho intramolecular Hbond substituents is 1. The minimum absolute atomic E-state index is 0.115. The van der Waals surface area contributed by atoms with Crippen LogP contribution in [-0.4, -0.2) is 29.9 Å². The summed E-state index contributed by atoms with van der Waals surface area (Å²) in [5.41, 5.74) is 4.98. The molecule has 2 rings (SSSR count). The van der Waals surface area contributed by atoms with Crippen LogP contribution in [0.5, 0.6) is 11.5 Å². The molecule has 0 aliphatic rings. The topological polar surface area (TPSA) is 83.0 Å². The SMILES string of the molecule is CCOc1ccc(NCC(=O)N/N=C(/CC)c2ccc(O)cc2)cc1. The summed E-state index contributed by atoms with van der Waals surface area (Å²) >= 11 is 0. The first kappa shape index (κ1) is 18.3. The van der Waals surface area contributed by atoms with Crippen molar-refractivity contribution < 1.29 is 14.6 Å². The predicted molar refractivity (Wildman–Crippen MR) is 99.2 cm³/mol. The maximum Gasteiger partial charge on any atom is 0.259 e. The van der Waals surface area contributed by atoms with E-state index in [1.165, 1.54) is 0 Å². The van der Waals surface area contributed by atoms with Gasteiger partial charge in [0.05, 0.1) is 18.9 Å². The summed E-state index contributed by atoms with van der Waals surface area (Å²) in [6.45, 7) is 4.62. The van der Waals surface area contributed by atoms with Crippen LogP contribution in [0.15, 0.2) is 53.6 Å². The number of hydrogen-bond acceptors (Lipinski definition) is 5. The van der Waals surface area contributed by atoms with Crippen molar-refractivity contribution in [3.63, 3.8) is 0 Å². The third-order valence-electron chi connectivity index (χ3n) is 3.47. The van der Waals surface area contributed by atoms with Crippen molar-refractivity contribution in [2.75, 3.05) is 18.5 Å². The first-order valence-corrected chi connectivity index (χ1v) is 8.24. The van der Waals surface area contributed by atoms with Crippen LogP contribution in [0.1, 0.15) is 25.8 Å². The maximum atomic E-state index is 11.9. The summed E-state index contributed by atoms with van der Waals surface area (Å²) in [7, 11) is 0. The Morgan fingerprint density at radius 1 is 1.08 bits per heavy atom. The average molecular weight is 341 g/mol. The van der Waals surface area contributed by atoms with Gasteiger partial charge in [0.15, 0.2) is 0 Å². The molecule has 0 aliphatic carbocycles. The highest BCUT2D eigenvalue weighted by Crippen LogP contribution is 2.15. The van der Waals surface area contributed by atoms with Crippen molar-refractivity contribution in [3.05, 3.63) is 54.1 Å². The number of amides is 1. The Labute approximate surface area is 147 Å². The predicted octanol–water partition coefficient (Wildman–Crippen LogP) is 3.13. The molecule has 0 fully saturated rings. The molecule has 0 unspecified atom stereocenters. The van der Waals surface area contributed by atoms with Gasteiger partial charge in [0, 0.05) is 5.69 Å². The maximum absolute atomic E-state index is 11.9. The van der Waals surface area contributed by atoms with Gasteiger partial charge in [-0.25, -0.2) is 5.43 Å². The van der Waals surface area contributed by atoms with Crippen LogP contribution in [0.25, 0.3) is 0 Å². The summed E-state index contributed by atoms with van der Waals surface area (Å²) in [6, 6.07) is 14.1. The third-order valence-corrected chi connectivity index (χ3v) is 3.47. The molecule has 0 heterocycles. The molecule has 0 spiro atoms. The normalized spacial score (nSPS) is 11.0. The third kappa shape index (κ3) is 5.84. The summed E-state index contributed by atoms with van der Waals surface area (Å²) in [4.78, 5) is 11.9. The standard InChI is InChI=1S/C19H23N3O3/c1-3-18(14-5-9-16(23)10-6-14)21-22-19(24)13-20-15-7-11-17(12-8-15)25-4-2/h5-12,20,23H,3-4,13H2,1-2H3,(H,22,24)/b21-18-. The lowest BCUT2D eigenvalue weighted by molar-refractivity contribution is -0.119. The number of nitrogens with zero attached hydrogens (tertiary/aromatic N) is 1. The Bertz CT molecular complexity index is 710. The molecule has 6 nitrogen and oxygen atoms in total. The molecule has 1 amide bonds. The molecular weight excluding hydrogens is 318 g/mol. The van der Waals surface area contributed by atoms with E-state index in [0.29, 0.717) is 13.0 Å². The Balaban J connectivity index is 1.87. The Morgan fingerprint density at radius 2 is 1.76 bits per heavy atom. The van der Waals surface area contributed by atoms with E-state index in [9.17, 15) is 9.90 Å². The summed E-state index contributed by atoms with van der Waals surface area (Å²) in [5, 5.41) is 16.5. The minimum atomic E-state index is -0.237. The van der Waals surface area contributed by atoms with Gasteiger partial charge in [-0.3, -0.25) is 4.79 Å². The molecule has 132 valence electrons. The first-order valence-electron chi connectivity index (χ1n) is 8.24. The van der Waals surface area contributed by atoms with Gasteiger partial charge in [-0.15, -0.1) is 0 Å². The number of aromatic hydroxyl groups is 1. The summed E-state index contributed by atoms with van der Waals surface area (Å²) in [5.74, 6) is 0.755. The minimum Gasteiger partial charge on any atom is -0.508 e. The number of hydrogen-bond donors (Lipinski definition) is 3. The number of phenols is 1. The lowest BCUT2D eigenvalue weighted by Crippen LogP contribution is -2.27. The number of nitrogens with one attached hydrogen (secondary N) is 2. The fourth-order valence-electron chi connectivity index (χ4n) is 2.19. The molecule has 2 aromatic carbocycles. The van der Waals surface area contributed by atoms with E-state index in [0.717, 1.165) is 22.7 Å². The van der Waals surface area contributed by atoms with E-state index < -0.39 is 0 Å². The Kier molecular flexibility index (Phi) is 6.83. The van der Waals surface area contributed by atoms with Gasteiger partial charge < -0.3 is 15.2 Å². The van der Waals surface area contributed by atoms with E-state index in [1.54, 1.807) is 24.3 Å². The van der Waals surface area contributed by atoms with E-state index in [4.69, 9.17) is 4.74 Å². The highest BCUT2D eigenvalue weighted by atomic mass is 16.5. The van der Waals surface area contributed by atoms with Crippen LogP contribution < -0.4 is 15.5 Å². The molecule has 0 saturated carbocycles. The van der Waals surface area contributed by atoms with Gasteiger partial charge in [0.1, 0.15) is 11.5 Å². The number of ether oxygens (including phenoxy) is 1. The zero-order valence-corrected chi connectivity index (χ0v) is 14.5. The van der Waals surface area contributed by atoms with Crippen molar-refractivity contribution >= 4 is 17.3 Å². The molecule has 0 saturated heterocycles. The molecular formula is C19H23N3O3. The number of anilines is 1. The second kappa shape index (κ2) is 9.32. The smallest absolute Gasteiger partial charge is 0.259 e. The van der Waals surface area contributed by atoms with Gasteiger partial charge in [-0.05, 0) is 67.4 Å². The second-order valence-electron chi connectivity index (χ2n) is 5.30. The van der Waals surface area contributed by atoms with Crippen LogP contribution in [0.3, 0.4) is 0 Å². The second-order valence-corrected chi connectivity index (χ2v) is 5.30. The van der Waals surface area contributed by atoms with Crippen LogP contribution in [0, 0.1) is 0 Å². The number of benzene rings is 2. The summed E-state index contributed by atoms with van der Waals surface area (Å²) in [6.07, 6.45) is 0.664. The van der Waals surface area contributed by atoms with Crippen LogP contribution >= 0.6 is 0 Å². The van der Waals surface area contributed by atoms with Crippen molar-refractivity contribution in [3.8, 4) is 11.5 Å². The Hall–Kier alpha value is -3.02. The highest BCUT2D eigenvalue weighted by Gasteiger charge is 2.04. The number of carbonyl (C=O) groups excluding carboxylic acids is 1. The average Bonchev–Trinajstić information content (AvgIpc) is 2.63. The molecule has 3 N–H and O–H groups in total. The zero-order valence-electron chi connectivity index (χ0n) is 14.5. The van der Waals surface area contributed by atoms with Gasteiger partial charge in [-0.1, -0.05) is 6.92 Å². The fourth-order valence-corrected chi connectivity index (χ4v) is 2.19.